The minimum Gasteiger partial charge on any atom is -0.449 e. The molecule has 0 fully saturated rings. The van der Waals surface area contributed by atoms with E-state index in [2.05, 4.69) is 34.6 Å². The van der Waals surface area contributed by atoms with E-state index in [-0.39, 0.29) is 12.5 Å². The number of ether oxygens (including phenoxy) is 1. The second-order valence-electron chi connectivity index (χ2n) is 7.01. The van der Waals surface area contributed by atoms with Gasteiger partial charge < -0.3 is 14.8 Å². The number of benzene rings is 2. The van der Waals surface area contributed by atoms with Crippen molar-refractivity contribution < 1.29 is 14.3 Å². The van der Waals surface area contributed by atoms with Gasteiger partial charge in [0.2, 0.25) is 0 Å². The predicted octanol–water partition coefficient (Wildman–Crippen LogP) is 2.52. The summed E-state index contributed by atoms with van der Waals surface area (Å²) in [4.78, 5) is 27.7. The molecule has 6 heteroatoms. The van der Waals surface area contributed by atoms with Crippen LogP contribution in [0.5, 0.6) is 0 Å². The fourth-order valence-corrected chi connectivity index (χ4v) is 3.74. The van der Waals surface area contributed by atoms with Crippen LogP contribution in [0.2, 0.25) is 0 Å². The predicted molar refractivity (Wildman–Crippen MR) is 111 cm³/mol. The lowest BCUT2D eigenvalue weighted by atomic mass is 9.98. The molecule has 2 radical (unpaired) electrons. The molecule has 1 N–H and O–H groups in total. The van der Waals surface area contributed by atoms with Gasteiger partial charge in [-0.05, 0) is 33.4 Å². The van der Waals surface area contributed by atoms with Gasteiger partial charge in [0, 0.05) is 18.5 Å². The Labute approximate surface area is 170 Å². The largest absolute Gasteiger partial charge is 0.449 e. The van der Waals surface area contributed by atoms with E-state index < -0.39 is 12.1 Å². The minimum absolute atomic E-state index is 0.0240. The standard InChI is InChI=1S/C23H19BN2O3/c24-22-10-9-15(12-25-22)11-16(13-27)26-23(28)29-14-21-19-7-3-1-5-17(19)18-6-2-4-8-20(18)21/h1-10,12-13,16,21H,11,14H2,(H,26,28)/t16-/m0/s1. The lowest BCUT2D eigenvalue weighted by molar-refractivity contribution is -0.109. The number of rotatable bonds is 6. The van der Waals surface area contributed by atoms with Crippen LogP contribution in [-0.2, 0) is 16.0 Å². The van der Waals surface area contributed by atoms with Gasteiger partial charge >= 0.3 is 6.09 Å². The summed E-state index contributed by atoms with van der Waals surface area (Å²) in [6.07, 6.45) is 1.98. The van der Waals surface area contributed by atoms with Crippen LogP contribution >= 0.6 is 0 Å². The van der Waals surface area contributed by atoms with Gasteiger partial charge in [-0.3, -0.25) is 4.98 Å². The van der Waals surface area contributed by atoms with Gasteiger partial charge in [0.25, 0.3) is 0 Å². The van der Waals surface area contributed by atoms with Crippen molar-refractivity contribution in [2.75, 3.05) is 6.61 Å². The van der Waals surface area contributed by atoms with Gasteiger partial charge in [0.05, 0.1) is 6.04 Å². The van der Waals surface area contributed by atoms with Crippen LogP contribution in [0, 0.1) is 0 Å². The third-order valence-corrected chi connectivity index (χ3v) is 5.11. The van der Waals surface area contributed by atoms with Gasteiger partial charge in [0.1, 0.15) is 20.7 Å². The summed E-state index contributed by atoms with van der Waals surface area (Å²) in [5.74, 6) is -0.0240. The van der Waals surface area contributed by atoms with Crippen molar-refractivity contribution >= 4 is 25.8 Å². The molecule has 0 unspecified atom stereocenters. The van der Waals surface area contributed by atoms with Crippen molar-refractivity contribution in [3.05, 3.63) is 83.6 Å². The van der Waals surface area contributed by atoms with Crippen molar-refractivity contribution in [1.82, 2.24) is 10.3 Å². The van der Waals surface area contributed by atoms with E-state index >= 15 is 0 Å². The fourth-order valence-electron chi connectivity index (χ4n) is 3.74. The Morgan fingerprint density at radius 1 is 1.07 bits per heavy atom. The quantitative estimate of drug-likeness (QED) is 0.526. The third kappa shape index (κ3) is 4.06. The van der Waals surface area contributed by atoms with E-state index in [1.54, 1.807) is 18.3 Å². The lowest BCUT2D eigenvalue weighted by Crippen LogP contribution is -2.38. The first kappa shape index (κ1) is 18.9. The maximum Gasteiger partial charge on any atom is 0.407 e. The molecule has 0 bridgehead atoms. The van der Waals surface area contributed by atoms with Crippen molar-refractivity contribution in [3.63, 3.8) is 0 Å². The van der Waals surface area contributed by atoms with E-state index in [1.165, 1.54) is 11.1 Å². The molecular weight excluding hydrogens is 363 g/mol. The molecule has 0 saturated heterocycles. The van der Waals surface area contributed by atoms with E-state index in [0.29, 0.717) is 18.3 Å². The monoisotopic (exact) mass is 382 g/mol. The van der Waals surface area contributed by atoms with E-state index in [4.69, 9.17) is 12.6 Å². The highest BCUT2D eigenvalue weighted by molar-refractivity contribution is 6.30. The van der Waals surface area contributed by atoms with Crippen LogP contribution in [0.15, 0.2) is 66.9 Å². The van der Waals surface area contributed by atoms with Crippen LogP contribution in [0.4, 0.5) is 4.79 Å². The number of nitrogens with zero attached hydrogens (tertiary/aromatic N) is 1. The first-order valence-electron chi connectivity index (χ1n) is 9.43. The fraction of sp³-hybridized carbons (Fsp3) is 0.174. The molecule has 29 heavy (non-hydrogen) atoms. The Bertz CT molecular complexity index is 991. The van der Waals surface area contributed by atoms with Crippen molar-refractivity contribution in [2.24, 2.45) is 0 Å². The van der Waals surface area contributed by atoms with E-state index in [1.807, 2.05) is 24.3 Å². The van der Waals surface area contributed by atoms with Crippen LogP contribution in [0.25, 0.3) is 11.1 Å². The first-order chi connectivity index (χ1) is 14.2. The molecule has 4 rings (SSSR count). The molecule has 5 nitrogen and oxygen atoms in total. The Morgan fingerprint density at radius 3 is 2.31 bits per heavy atom. The average Bonchev–Trinajstić information content (AvgIpc) is 3.07. The normalized spacial score (nSPS) is 13.2. The Hall–Kier alpha value is -3.41. The number of pyridine rings is 1. The molecule has 1 heterocycles. The topological polar surface area (TPSA) is 68.3 Å². The average molecular weight is 382 g/mol. The Kier molecular flexibility index (Phi) is 5.43. The maximum absolute atomic E-state index is 12.3. The lowest BCUT2D eigenvalue weighted by Gasteiger charge is -2.16. The van der Waals surface area contributed by atoms with Crippen molar-refractivity contribution in [3.8, 4) is 11.1 Å². The molecule has 0 saturated carbocycles. The van der Waals surface area contributed by atoms with Crippen LogP contribution in [0.1, 0.15) is 22.6 Å². The smallest absolute Gasteiger partial charge is 0.407 e. The number of aldehydes is 1. The molecule has 1 aromatic heterocycles. The first-order valence-corrected chi connectivity index (χ1v) is 9.43. The molecular formula is C23H19BN2O3. The highest BCUT2D eigenvalue weighted by Gasteiger charge is 2.29. The maximum atomic E-state index is 12.3. The number of amides is 1. The summed E-state index contributed by atoms with van der Waals surface area (Å²) in [7, 11) is 5.57. The van der Waals surface area contributed by atoms with Crippen LogP contribution in [-0.4, -0.2) is 37.9 Å². The second-order valence-corrected chi connectivity index (χ2v) is 7.01. The van der Waals surface area contributed by atoms with Gasteiger partial charge in [-0.15, -0.1) is 0 Å². The highest BCUT2D eigenvalue weighted by Crippen LogP contribution is 2.44. The number of carbonyl (C=O) groups excluding carboxylic acids is 2. The van der Waals surface area contributed by atoms with Gasteiger partial charge in [0.15, 0.2) is 0 Å². The van der Waals surface area contributed by atoms with E-state index in [0.717, 1.165) is 16.7 Å². The molecule has 1 atom stereocenters. The molecule has 0 aliphatic heterocycles. The summed E-state index contributed by atoms with van der Waals surface area (Å²) >= 11 is 0. The summed E-state index contributed by atoms with van der Waals surface area (Å²) in [5.41, 5.74) is 5.82. The van der Waals surface area contributed by atoms with Crippen LogP contribution in [0.3, 0.4) is 0 Å². The van der Waals surface area contributed by atoms with Crippen molar-refractivity contribution in [2.45, 2.75) is 18.4 Å². The molecule has 1 aliphatic carbocycles. The highest BCUT2D eigenvalue weighted by atomic mass is 16.5. The van der Waals surface area contributed by atoms with E-state index in [9.17, 15) is 9.59 Å². The number of aromatic nitrogens is 1. The third-order valence-electron chi connectivity index (χ3n) is 5.11. The molecule has 1 amide bonds. The van der Waals surface area contributed by atoms with Gasteiger partial charge in [-0.2, -0.15) is 0 Å². The van der Waals surface area contributed by atoms with Crippen LogP contribution < -0.4 is 10.9 Å². The second kappa shape index (κ2) is 8.31. The van der Waals surface area contributed by atoms with Gasteiger partial charge in [-0.1, -0.05) is 60.7 Å². The minimum atomic E-state index is -0.698. The zero-order valence-electron chi connectivity index (χ0n) is 15.7. The Morgan fingerprint density at radius 2 is 1.72 bits per heavy atom. The number of alkyl carbamates (subject to hydrolysis) is 1. The molecule has 0 spiro atoms. The van der Waals surface area contributed by atoms with Crippen molar-refractivity contribution in [1.29, 1.82) is 0 Å². The SMILES string of the molecule is [B]c1ccc(C[C@@H](C=O)NC(=O)OCC2c3ccccc3-c3ccccc32)cn1. The number of hydrogen-bond donors (Lipinski definition) is 1. The summed E-state index contributed by atoms with van der Waals surface area (Å²) in [6.45, 7) is 0.203. The number of nitrogens with one attached hydrogen (secondary N) is 1. The Balaban J connectivity index is 1.40. The number of carbonyl (C=O) groups is 2. The zero-order valence-corrected chi connectivity index (χ0v) is 15.7. The summed E-state index contributed by atoms with van der Waals surface area (Å²) < 4.78 is 5.48. The molecule has 1 aliphatic rings. The molecule has 2 aromatic carbocycles. The summed E-state index contributed by atoms with van der Waals surface area (Å²) in [5, 5.41) is 2.61. The van der Waals surface area contributed by atoms with Gasteiger partial charge in [-0.25, -0.2) is 4.79 Å². The number of hydrogen-bond acceptors (Lipinski definition) is 4. The number of fused-ring (bicyclic) bond motifs is 3. The molecule has 142 valence electrons. The molecule has 3 aromatic rings. The zero-order chi connectivity index (χ0) is 20.2. The summed E-state index contributed by atoms with van der Waals surface area (Å²) in [6, 6.07) is 19.0.